The van der Waals surface area contributed by atoms with Crippen LogP contribution in [0.4, 0.5) is 17.1 Å². The van der Waals surface area contributed by atoms with Gasteiger partial charge in [0, 0.05) is 17.1 Å². The second kappa shape index (κ2) is 11.9. The zero-order chi connectivity index (χ0) is 35.9. The summed E-state index contributed by atoms with van der Waals surface area (Å²) in [5.74, 6) is 0. The van der Waals surface area contributed by atoms with Gasteiger partial charge in [-0.05, 0) is 112 Å². The van der Waals surface area contributed by atoms with Gasteiger partial charge >= 0.3 is 0 Å². The molecule has 0 saturated heterocycles. The molecule has 3 heteroatoms. The average molecular weight is 712 g/mol. The topological polar surface area (TPSA) is 3.24 Å². The van der Waals surface area contributed by atoms with Crippen molar-refractivity contribution >= 4 is 64.7 Å². The minimum Gasteiger partial charge on any atom is -0.311 e. The van der Waals surface area contributed by atoms with Gasteiger partial charge in [0.2, 0.25) is 0 Å². The molecule has 0 radical (unpaired) electrons. The van der Waals surface area contributed by atoms with Crippen LogP contribution in [-0.2, 0) is 0 Å². The predicted octanol–water partition coefficient (Wildman–Crippen LogP) is 11.2. The molecule has 8 aromatic carbocycles. The van der Waals surface area contributed by atoms with Crippen molar-refractivity contribution in [2.24, 2.45) is 0 Å². The highest BCUT2D eigenvalue weighted by atomic mass is 28.3. The van der Waals surface area contributed by atoms with E-state index < -0.39 is 16.1 Å². The van der Waals surface area contributed by atoms with Crippen molar-refractivity contribution < 1.29 is 0 Å². The van der Waals surface area contributed by atoms with Gasteiger partial charge in [-0.25, -0.2) is 0 Å². The lowest BCUT2D eigenvalue weighted by atomic mass is 9.92. The molecule has 10 rings (SSSR count). The van der Waals surface area contributed by atoms with E-state index in [2.05, 4.69) is 207 Å². The molecular formula is C50H41NSi2. The minimum absolute atomic E-state index is 1.17. The SMILES string of the molecule is C[Si]1(C)c2ccccc2-c2ccc(N(c3ccc(-c4ccc(-c5ccccc5)c5ccccc45)cc3)c3ccc4c(c3)[Si](C)(C)c3ccccc3-4)cc21. The van der Waals surface area contributed by atoms with E-state index in [0.29, 0.717) is 0 Å². The molecular weight excluding hydrogens is 671 g/mol. The van der Waals surface area contributed by atoms with E-state index in [9.17, 15) is 0 Å². The summed E-state index contributed by atoms with van der Waals surface area (Å²) in [6.45, 7) is 10.0. The van der Waals surface area contributed by atoms with Crippen LogP contribution in [0.5, 0.6) is 0 Å². The summed E-state index contributed by atoms with van der Waals surface area (Å²) in [4.78, 5) is 2.50. The van der Waals surface area contributed by atoms with E-state index in [1.807, 2.05) is 0 Å². The van der Waals surface area contributed by atoms with Crippen molar-refractivity contribution in [3.05, 3.63) is 176 Å². The van der Waals surface area contributed by atoms with E-state index in [4.69, 9.17) is 0 Å². The first kappa shape index (κ1) is 31.9. The first-order valence-electron chi connectivity index (χ1n) is 18.8. The highest BCUT2D eigenvalue weighted by molar-refractivity contribution is 7.04. The molecule has 2 heterocycles. The lowest BCUT2D eigenvalue weighted by Crippen LogP contribution is -2.49. The standard InChI is InChI=1S/C50H41NSi2/c1-52(2)47-20-12-10-18-43(47)45-28-26-37(32-49(45)52)51(38-27-29-46-44-19-11-13-21-48(44)53(3,4)50(46)33-38)36-24-22-35(23-25-36)40-31-30-39(34-14-6-5-7-15-34)41-16-8-9-17-42(40)41/h5-33H,1-4H3. The first-order valence-corrected chi connectivity index (χ1v) is 24.8. The van der Waals surface area contributed by atoms with Gasteiger partial charge in [-0.3, -0.25) is 0 Å². The van der Waals surface area contributed by atoms with Crippen molar-refractivity contribution in [2.75, 3.05) is 4.90 Å². The Labute approximate surface area is 314 Å². The molecule has 0 bridgehead atoms. The number of rotatable bonds is 5. The fourth-order valence-corrected chi connectivity index (χ4v) is 15.5. The summed E-state index contributed by atoms with van der Waals surface area (Å²) in [7, 11) is -3.74. The highest BCUT2D eigenvalue weighted by Crippen LogP contribution is 2.41. The summed E-state index contributed by atoms with van der Waals surface area (Å²) in [6.07, 6.45) is 0. The van der Waals surface area contributed by atoms with Gasteiger partial charge in [-0.15, -0.1) is 0 Å². The number of hydrogen-bond acceptors (Lipinski definition) is 1. The van der Waals surface area contributed by atoms with E-state index in [0.717, 1.165) is 0 Å². The average Bonchev–Trinajstić information content (AvgIpc) is 3.57. The van der Waals surface area contributed by atoms with Crippen LogP contribution in [0.15, 0.2) is 176 Å². The molecule has 0 unspecified atom stereocenters. The van der Waals surface area contributed by atoms with Gasteiger partial charge in [0.1, 0.15) is 16.1 Å². The molecule has 0 saturated carbocycles. The van der Waals surface area contributed by atoms with Crippen LogP contribution in [0.3, 0.4) is 0 Å². The van der Waals surface area contributed by atoms with Crippen molar-refractivity contribution in [2.45, 2.75) is 26.2 Å². The van der Waals surface area contributed by atoms with E-state index in [-0.39, 0.29) is 0 Å². The third kappa shape index (κ3) is 4.88. The lowest BCUT2D eigenvalue weighted by Gasteiger charge is -2.29. The van der Waals surface area contributed by atoms with Crippen LogP contribution in [0.2, 0.25) is 26.2 Å². The van der Waals surface area contributed by atoms with Crippen LogP contribution in [0, 0.1) is 0 Å². The Morgan fingerprint density at radius 2 is 0.679 bits per heavy atom. The molecule has 254 valence electrons. The van der Waals surface area contributed by atoms with Crippen LogP contribution >= 0.6 is 0 Å². The molecule has 2 aliphatic rings. The van der Waals surface area contributed by atoms with Gasteiger partial charge in [-0.1, -0.05) is 166 Å². The molecule has 53 heavy (non-hydrogen) atoms. The van der Waals surface area contributed by atoms with Gasteiger partial charge in [0.25, 0.3) is 0 Å². The van der Waals surface area contributed by atoms with Gasteiger partial charge < -0.3 is 4.90 Å². The number of benzene rings is 8. The van der Waals surface area contributed by atoms with Gasteiger partial charge in [0.05, 0.1) is 0 Å². The van der Waals surface area contributed by atoms with E-state index in [1.54, 1.807) is 0 Å². The molecule has 8 aromatic rings. The zero-order valence-corrected chi connectivity index (χ0v) is 32.7. The van der Waals surface area contributed by atoms with Gasteiger partial charge in [0.15, 0.2) is 0 Å². The number of anilines is 3. The number of fused-ring (bicyclic) bond motifs is 7. The van der Waals surface area contributed by atoms with Crippen molar-refractivity contribution in [1.82, 2.24) is 0 Å². The molecule has 0 fully saturated rings. The Kier molecular flexibility index (Phi) is 7.17. The Hall–Kier alpha value is -5.75. The maximum absolute atomic E-state index is 2.51. The normalized spacial score (nSPS) is 14.3. The largest absolute Gasteiger partial charge is 0.311 e. The maximum Gasteiger partial charge on any atom is 0.113 e. The highest BCUT2D eigenvalue weighted by Gasteiger charge is 2.39. The summed E-state index contributed by atoms with van der Waals surface area (Å²) in [6, 6.07) is 66.0. The third-order valence-corrected chi connectivity index (χ3v) is 19.2. The molecule has 0 atom stereocenters. The van der Waals surface area contributed by atoms with E-state index in [1.165, 1.54) is 93.1 Å². The lowest BCUT2D eigenvalue weighted by molar-refractivity contribution is 1.29. The summed E-state index contributed by atoms with van der Waals surface area (Å²) in [5, 5.41) is 8.67. The quantitative estimate of drug-likeness (QED) is 0.161. The first-order chi connectivity index (χ1) is 25.8. The molecule has 2 aliphatic heterocycles. The Morgan fingerprint density at radius 3 is 1.19 bits per heavy atom. The van der Waals surface area contributed by atoms with Crippen LogP contribution < -0.4 is 25.6 Å². The summed E-state index contributed by atoms with van der Waals surface area (Å²) < 4.78 is 0. The van der Waals surface area contributed by atoms with Gasteiger partial charge in [-0.2, -0.15) is 0 Å². The molecule has 1 nitrogen and oxygen atoms in total. The number of nitrogens with zero attached hydrogens (tertiary/aromatic N) is 1. The van der Waals surface area contributed by atoms with Crippen LogP contribution in [-0.4, -0.2) is 16.1 Å². The Bertz CT molecular complexity index is 2620. The smallest absolute Gasteiger partial charge is 0.113 e. The Morgan fingerprint density at radius 1 is 0.302 bits per heavy atom. The monoisotopic (exact) mass is 711 g/mol. The second-order valence-corrected chi connectivity index (χ2v) is 24.4. The minimum atomic E-state index is -1.87. The molecule has 0 aromatic heterocycles. The summed E-state index contributed by atoms with van der Waals surface area (Å²) >= 11 is 0. The van der Waals surface area contributed by atoms with Crippen molar-refractivity contribution in [1.29, 1.82) is 0 Å². The molecule has 0 aliphatic carbocycles. The molecule has 0 N–H and O–H groups in total. The molecule has 0 spiro atoms. The number of hydrogen-bond donors (Lipinski definition) is 0. The van der Waals surface area contributed by atoms with Crippen molar-refractivity contribution in [3.8, 4) is 44.5 Å². The zero-order valence-electron chi connectivity index (χ0n) is 30.7. The predicted molar refractivity (Wildman–Crippen MR) is 234 cm³/mol. The van der Waals surface area contributed by atoms with Crippen molar-refractivity contribution in [3.63, 3.8) is 0 Å². The Balaban J connectivity index is 1.12. The fraction of sp³-hybridized carbons (Fsp3) is 0.0800. The maximum atomic E-state index is 2.51. The van der Waals surface area contributed by atoms with Crippen LogP contribution in [0.1, 0.15) is 0 Å². The molecule has 0 amide bonds. The summed E-state index contributed by atoms with van der Waals surface area (Å²) in [5.41, 5.74) is 14.2. The van der Waals surface area contributed by atoms with E-state index >= 15 is 0 Å². The second-order valence-electron chi connectivity index (χ2n) is 15.8. The third-order valence-electron chi connectivity index (χ3n) is 12.1. The van der Waals surface area contributed by atoms with Crippen LogP contribution in [0.25, 0.3) is 55.3 Å². The fourth-order valence-electron chi connectivity index (χ4n) is 9.32.